The van der Waals surface area contributed by atoms with Crippen molar-refractivity contribution in [3.63, 3.8) is 0 Å². The van der Waals surface area contributed by atoms with Crippen LogP contribution in [-0.2, 0) is 0 Å². The maximum Gasteiger partial charge on any atom is 0.321 e. The summed E-state index contributed by atoms with van der Waals surface area (Å²) in [7, 11) is 0. The van der Waals surface area contributed by atoms with Crippen LogP contribution in [0, 0.1) is 10.8 Å². The largest absolute Gasteiger partial charge is 0.321 e. The molecule has 1 aliphatic rings. The molecule has 0 unspecified atom stereocenters. The standard InChI is InChI=1S/C16H30N2O/c1-8-9-10-18-11-12(15(2,3)4)13(16(5,6)7)17-14(18)19/h8-11H2,1-7H3,(H,17,19). The number of unbranched alkanes of at least 4 members (excludes halogenated alkanes) is 1. The average Bonchev–Trinajstić information content (AvgIpc) is 2.24. The predicted octanol–water partition coefficient (Wildman–Crippen LogP) is 4.16. The molecule has 1 N–H and O–H groups in total. The monoisotopic (exact) mass is 266 g/mol. The summed E-state index contributed by atoms with van der Waals surface area (Å²) in [5, 5.41) is 3.14. The van der Waals surface area contributed by atoms with Crippen LogP contribution in [0.2, 0.25) is 0 Å². The number of hydrogen-bond donors (Lipinski definition) is 1. The lowest BCUT2D eigenvalue weighted by Gasteiger charge is -2.41. The summed E-state index contributed by atoms with van der Waals surface area (Å²) in [6, 6.07) is 0.0615. The molecular formula is C16H30N2O. The Bertz CT molecular complexity index is 369. The molecule has 0 spiro atoms. The third-order valence-electron chi connectivity index (χ3n) is 3.61. The van der Waals surface area contributed by atoms with Crippen molar-refractivity contribution in [2.45, 2.75) is 61.3 Å². The smallest absolute Gasteiger partial charge is 0.320 e. The van der Waals surface area contributed by atoms with Crippen LogP contribution >= 0.6 is 0 Å². The minimum atomic E-state index is -0.0187. The highest BCUT2D eigenvalue weighted by atomic mass is 16.2. The summed E-state index contributed by atoms with van der Waals surface area (Å²) in [5.41, 5.74) is 2.53. The van der Waals surface area contributed by atoms with Crippen molar-refractivity contribution in [2.24, 2.45) is 10.8 Å². The lowest BCUT2D eigenvalue weighted by atomic mass is 9.77. The average molecular weight is 266 g/mol. The van der Waals surface area contributed by atoms with Gasteiger partial charge < -0.3 is 10.2 Å². The van der Waals surface area contributed by atoms with Crippen molar-refractivity contribution in [3.8, 4) is 0 Å². The van der Waals surface area contributed by atoms with E-state index in [2.05, 4.69) is 53.8 Å². The van der Waals surface area contributed by atoms with Gasteiger partial charge in [-0.1, -0.05) is 54.9 Å². The molecule has 1 aliphatic heterocycles. The van der Waals surface area contributed by atoms with Gasteiger partial charge in [0.15, 0.2) is 0 Å². The number of allylic oxidation sites excluding steroid dienone is 1. The van der Waals surface area contributed by atoms with E-state index < -0.39 is 0 Å². The van der Waals surface area contributed by atoms with Crippen molar-refractivity contribution in [1.29, 1.82) is 0 Å². The molecule has 0 fully saturated rings. The van der Waals surface area contributed by atoms with Gasteiger partial charge in [0.1, 0.15) is 0 Å². The number of nitrogens with zero attached hydrogens (tertiary/aromatic N) is 1. The summed E-state index contributed by atoms with van der Waals surface area (Å²) in [4.78, 5) is 14.2. The van der Waals surface area contributed by atoms with Gasteiger partial charge in [0, 0.05) is 24.2 Å². The van der Waals surface area contributed by atoms with E-state index in [1.165, 1.54) is 5.57 Å². The fourth-order valence-electron chi connectivity index (χ4n) is 2.39. The molecule has 0 aromatic rings. The number of urea groups is 1. The second kappa shape index (κ2) is 5.56. The third-order valence-corrected chi connectivity index (χ3v) is 3.61. The van der Waals surface area contributed by atoms with E-state index in [1.807, 2.05) is 4.90 Å². The van der Waals surface area contributed by atoms with Crippen LogP contribution < -0.4 is 5.32 Å². The summed E-state index contributed by atoms with van der Waals surface area (Å²) in [6.45, 7) is 16.9. The van der Waals surface area contributed by atoms with E-state index in [9.17, 15) is 4.79 Å². The van der Waals surface area contributed by atoms with Crippen molar-refractivity contribution in [3.05, 3.63) is 11.3 Å². The lowest BCUT2D eigenvalue weighted by molar-refractivity contribution is 0.189. The van der Waals surface area contributed by atoms with Crippen LogP contribution in [0.1, 0.15) is 61.3 Å². The quantitative estimate of drug-likeness (QED) is 0.817. The van der Waals surface area contributed by atoms with Crippen LogP contribution in [0.15, 0.2) is 11.3 Å². The van der Waals surface area contributed by atoms with Crippen molar-refractivity contribution >= 4 is 6.03 Å². The topological polar surface area (TPSA) is 32.3 Å². The van der Waals surface area contributed by atoms with Gasteiger partial charge in [0.25, 0.3) is 0 Å². The minimum Gasteiger partial charge on any atom is -0.320 e. The van der Waals surface area contributed by atoms with Gasteiger partial charge in [-0.25, -0.2) is 4.79 Å². The Hall–Kier alpha value is -0.990. The van der Waals surface area contributed by atoms with Crippen LogP contribution in [-0.4, -0.2) is 24.0 Å². The van der Waals surface area contributed by atoms with Crippen molar-refractivity contribution in [2.75, 3.05) is 13.1 Å². The van der Waals surface area contributed by atoms with E-state index in [0.717, 1.165) is 31.6 Å². The van der Waals surface area contributed by atoms with E-state index in [1.54, 1.807) is 0 Å². The van der Waals surface area contributed by atoms with Gasteiger partial charge in [-0.3, -0.25) is 0 Å². The van der Waals surface area contributed by atoms with Crippen LogP contribution in [0.25, 0.3) is 0 Å². The molecule has 0 atom stereocenters. The first-order chi connectivity index (χ1) is 8.57. The normalized spacial score (nSPS) is 17.8. The highest BCUT2D eigenvalue weighted by Gasteiger charge is 2.35. The molecule has 2 amide bonds. The first-order valence-electron chi connectivity index (χ1n) is 7.37. The Balaban J connectivity index is 3.09. The molecule has 1 heterocycles. The van der Waals surface area contributed by atoms with Gasteiger partial charge in [-0.15, -0.1) is 0 Å². The maximum atomic E-state index is 12.2. The van der Waals surface area contributed by atoms with Gasteiger partial charge in [-0.2, -0.15) is 0 Å². The zero-order valence-corrected chi connectivity index (χ0v) is 13.7. The Kier molecular flexibility index (Phi) is 4.70. The lowest BCUT2D eigenvalue weighted by Crippen LogP contribution is -2.50. The number of amides is 2. The molecule has 0 saturated heterocycles. The van der Waals surface area contributed by atoms with Gasteiger partial charge in [-0.05, 0) is 17.4 Å². The maximum absolute atomic E-state index is 12.2. The third kappa shape index (κ3) is 3.99. The molecule has 110 valence electrons. The van der Waals surface area contributed by atoms with Gasteiger partial charge in [0.05, 0.1) is 0 Å². The molecule has 1 rings (SSSR count). The minimum absolute atomic E-state index is 0.0187. The van der Waals surface area contributed by atoms with E-state index in [4.69, 9.17) is 0 Å². The summed E-state index contributed by atoms with van der Waals surface area (Å²) >= 11 is 0. The fourth-order valence-corrected chi connectivity index (χ4v) is 2.39. The molecule has 0 saturated carbocycles. The fraction of sp³-hybridized carbons (Fsp3) is 0.812. The first kappa shape index (κ1) is 16.1. The molecule has 0 bridgehead atoms. The zero-order valence-electron chi connectivity index (χ0n) is 13.7. The Morgan fingerprint density at radius 2 is 1.68 bits per heavy atom. The molecule has 3 heteroatoms. The number of nitrogens with one attached hydrogen (secondary N) is 1. The Morgan fingerprint density at radius 3 is 2.11 bits per heavy atom. The van der Waals surface area contributed by atoms with Crippen molar-refractivity contribution in [1.82, 2.24) is 10.2 Å². The Labute approximate surface area is 118 Å². The second-order valence-electron chi connectivity index (χ2n) is 7.56. The molecule has 0 aromatic heterocycles. The molecular weight excluding hydrogens is 236 g/mol. The summed E-state index contributed by atoms with van der Waals surface area (Å²) in [6.07, 6.45) is 2.18. The number of carbonyl (C=O) groups is 1. The van der Waals surface area contributed by atoms with E-state index in [-0.39, 0.29) is 16.9 Å². The second-order valence-corrected chi connectivity index (χ2v) is 7.56. The highest BCUT2D eigenvalue weighted by Crippen LogP contribution is 2.37. The number of rotatable bonds is 3. The summed E-state index contributed by atoms with van der Waals surface area (Å²) < 4.78 is 0. The molecule has 3 nitrogen and oxygen atoms in total. The van der Waals surface area contributed by atoms with E-state index in [0.29, 0.717) is 0 Å². The Morgan fingerprint density at radius 1 is 1.11 bits per heavy atom. The zero-order chi connectivity index (χ0) is 14.8. The first-order valence-corrected chi connectivity index (χ1v) is 7.37. The molecule has 19 heavy (non-hydrogen) atoms. The number of hydrogen-bond acceptors (Lipinski definition) is 1. The molecule has 0 radical (unpaired) electrons. The van der Waals surface area contributed by atoms with E-state index >= 15 is 0 Å². The van der Waals surface area contributed by atoms with Crippen LogP contribution in [0.3, 0.4) is 0 Å². The molecule has 0 aromatic carbocycles. The van der Waals surface area contributed by atoms with Crippen LogP contribution in [0.4, 0.5) is 4.79 Å². The number of carbonyl (C=O) groups excluding carboxylic acids is 1. The van der Waals surface area contributed by atoms with Gasteiger partial charge >= 0.3 is 6.03 Å². The van der Waals surface area contributed by atoms with Gasteiger partial charge in [0.2, 0.25) is 0 Å². The van der Waals surface area contributed by atoms with Crippen molar-refractivity contribution < 1.29 is 4.79 Å². The predicted molar refractivity (Wildman–Crippen MR) is 80.9 cm³/mol. The summed E-state index contributed by atoms with van der Waals surface area (Å²) in [5.74, 6) is 0. The SMILES string of the molecule is CCCCN1CC(C(C)(C)C)=C(C(C)(C)C)NC1=O. The highest BCUT2D eigenvalue weighted by molar-refractivity contribution is 5.78. The molecule has 0 aliphatic carbocycles. The van der Waals surface area contributed by atoms with Crippen LogP contribution in [0.5, 0.6) is 0 Å².